The van der Waals surface area contributed by atoms with Crippen LogP contribution in [-0.4, -0.2) is 68.1 Å². The van der Waals surface area contributed by atoms with Gasteiger partial charge in [0, 0.05) is 68.3 Å². The van der Waals surface area contributed by atoms with Gasteiger partial charge in [0.1, 0.15) is 5.75 Å². The second kappa shape index (κ2) is 13.1. The highest BCUT2D eigenvalue weighted by molar-refractivity contribution is 6.30. The average molecular weight is 522 g/mol. The maximum atomic E-state index is 12.8. The summed E-state index contributed by atoms with van der Waals surface area (Å²) >= 11 is 5.87. The van der Waals surface area contributed by atoms with Gasteiger partial charge in [-0.2, -0.15) is 0 Å². The number of urea groups is 1. The summed E-state index contributed by atoms with van der Waals surface area (Å²) in [5.74, 6) is 0.174. The molecule has 3 aromatic carbocycles. The molecule has 0 radical (unpaired) electrons. The molecule has 8 nitrogen and oxygen atoms in total. The zero-order chi connectivity index (χ0) is 26.0. The SMILES string of the molecule is COc1cc(NC(=O)Nc2ccc(Cl)cc2)ccc1C(=O)NCCN1CCN(Cc2ccccc2)CC1. The van der Waals surface area contributed by atoms with Gasteiger partial charge in [-0.05, 0) is 42.0 Å². The number of anilines is 2. The number of nitrogens with zero attached hydrogens (tertiary/aromatic N) is 2. The van der Waals surface area contributed by atoms with Crippen molar-refractivity contribution >= 4 is 34.9 Å². The Morgan fingerprint density at radius 3 is 2.22 bits per heavy atom. The van der Waals surface area contributed by atoms with Crippen molar-refractivity contribution in [2.75, 3.05) is 57.0 Å². The third-order valence-electron chi connectivity index (χ3n) is 6.23. The molecule has 3 N–H and O–H groups in total. The van der Waals surface area contributed by atoms with Crippen molar-refractivity contribution in [3.05, 3.63) is 88.9 Å². The number of rotatable bonds is 9. The molecule has 0 aromatic heterocycles. The first-order valence-electron chi connectivity index (χ1n) is 12.3. The van der Waals surface area contributed by atoms with Crippen LogP contribution in [0.25, 0.3) is 0 Å². The third kappa shape index (κ3) is 7.95. The van der Waals surface area contributed by atoms with Gasteiger partial charge in [0.25, 0.3) is 5.91 Å². The number of carbonyl (C=O) groups is 2. The Balaban J connectivity index is 1.21. The average Bonchev–Trinajstić information content (AvgIpc) is 2.91. The normalized spacial score (nSPS) is 14.1. The quantitative estimate of drug-likeness (QED) is 0.385. The summed E-state index contributed by atoms with van der Waals surface area (Å²) < 4.78 is 5.41. The van der Waals surface area contributed by atoms with Gasteiger partial charge in [0.05, 0.1) is 12.7 Å². The number of benzene rings is 3. The van der Waals surface area contributed by atoms with Gasteiger partial charge in [-0.25, -0.2) is 4.79 Å². The molecule has 0 spiro atoms. The van der Waals surface area contributed by atoms with E-state index in [9.17, 15) is 9.59 Å². The highest BCUT2D eigenvalue weighted by Gasteiger charge is 2.18. The van der Waals surface area contributed by atoms with Crippen LogP contribution in [0.4, 0.5) is 16.2 Å². The predicted molar refractivity (Wildman–Crippen MR) is 148 cm³/mol. The monoisotopic (exact) mass is 521 g/mol. The molecular weight excluding hydrogens is 490 g/mol. The Labute approximate surface area is 222 Å². The van der Waals surface area contributed by atoms with Crippen molar-refractivity contribution in [2.45, 2.75) is 6.54 Å². The number of hydrogen-bond acceptors (Lipinski definition) is 5. The first-order chi connectivity index (χ1) is 18.0. The molecule has 0 unspecified atom stereocenters. The summed E-state index contributed by atoms with van der Waals surface area (Å²) in [6, 6.07) is 21.9. The Morgan fingerprint density at radius 1 is 0.865 bits per heavy atom. The maximum Gasteiger partial charge on any atom is 0.323 e. The molecule has 194 valence electrons. The standard InChI is InChI=1S/C28H32ClN5O3/c1-37-26-19-24(32-28(36)31-23-9-7-22(29)8-10-23)11-12-25(26)27(35)30-13-14-33-15-17-34(18-16-33)20-21-5-3-2-4-6-21/h2-12,19H,13-18,20H2,1H3,(H,30,35)(H2,31,32,36). The number of piperazine rings is 1. The van der Waals surface area contributed by atoms with Crippen LogP contribution in [0.1, 0.15) is 15.9 Å². The van der Waals surface area contributed by atoms with Crippen molar-refractivity contribution < 1.29 is 14.3 Å². The second-order valence-corrected chi connectivity index (χ2v) is 9.30. The Morgan fingerprint density at radius 2 is 1.51 bits per heavy atom. The number of carbonyl (C=O) groups excluding carboxylic acids is 2. The molecule has 9 heteroatoms. The minimum Gasteiger partial charge on any atom is -0.496 e. The second-order valence-electron chi connectivity index (χ2n) is 8.86. The van der Waals surface area contributed by atoms with E-state index < -0.39 is 6.03 Å². The fraction of sp³-hybridized carbons (Fsp3) is 0.286. The van der Waals surface area contributed by atoms with Crippen molar-refractivity contribution in [1.29, 1.82) is 0 Å². The lowest BCUT2D eigenvalue weighted by Gasteiger charge is -2.34. The molecule has 0 aliphatic carbocycles. The lowest BCUT2D eigenvalue weighted by atomic mass is 10.1. The van der Waals surface area contributed by atoms with E-state index in [1.165, 1.54) is 12.7 Å². The molecule has 1 heterocycles. The van der Waals surface area contributed by atoms with Crippen LogP contribution >= 0.6 is 11.6 Å². The van der Waals surface area contributed by atoms with Crippen LogP contribution < -0.4 is 20.7 Å². The van der Waals surface area contributed by atoms with E-state index in [-0.39, 0.29) is 5.91 Å². The van der Waals surface area contributed by atoms with E-state index in [0.717, 1.165) is 39.3 Å². The number of amides is 3. The Kier molecular flexibility index (Phi) is 9.37. The summed E-state index contributed by atoms with van der Waals surface area (Å²) in [5.41, 5.74) is 2.87. The minimum atomic E-state index is -0.412. The number of hydrogen-bond donors (Lipinski definition) is 3. The van der Waals surface area contributed by atoms with Crippen molar-refractivity contribution in [2.24, 2.45) is 0 Å². The van der Waals surface area contributed by atoms with E-state index >= 15 is 0 Å². The van der Waals surface area contributed by atoms with Gasteiger partial charge in [0.2, 0.25) is 0 Å². The third-order valence-corrected chi connectivity index (χ3v) is 6.49. The summed E-state index contributed by atoms with van der Waals surface area (Å²) in [5, 5.41) is 9.05. The number of nitrogens with one attached hydrogen (secondary N) is 3. The van der Waals surface area contributed by atoms with Gasteiger partial charge in [-0.3, -0.25) is 14.6 Å². The van der Waals surface area contributed by atoms with Crippen LogP contribution in [0.5, 0.6) is 5.75 Å². The molecule has 1 fully saturated rings. The largest absolute Gasteiger partial charge is 0.496 e. The Bertz CT molecular complexity index is 1180. The Hall–Kier alpha value is -3.59. The van der Waals surface area contributed by atoms with E-state index in [2.05, 4.69) is 50.0 Å². The zero-order valence-corrected chi connectivity index (χ0v) is 21.6. The van der Waals surface area contributed by atoms with Gasteiger partial charge in [-0.1, -0.05) is 41.9 Å². The fourth-order valence-corrected chi connectivity index (χ4v) is 4.34. The van der Waals surface area contributed by atoms with Gasteiger partial charge < -0.3 is 20.7 Å². The highest BCUT2D eigenvalue weighted by Crippen LogP contribution is 2.23. The predicted octanol–water partition coefficient (Wildman–Crippen LogP) is 4.54. The summed E-state index contributed by atoms with van der Waals surface area (Å²) in [4.78, 5) is 29.9. The van der Waals surface area contributed by atoms with Crippen LogP contribution in [0, 0.1) is 0 Å². The van der Waals surface area contributed by atoms with Crippen LogP contribution in [0.2, 0.25) is 5.02 Å². The summed E-state index contributed by atoms with van der Waals surface area (Å²) in [6.45, 7) is 6.28. The molecule has 0 atom stereocenters. The number of methoxy groups -OCH3 is 1. The van der Waals surface area contributed by atoms with Crippen LogP contribution in [-0.2, 0) is 6.54 Å². The zero-order valence-electron chi connectivity index (χ0n) is 20.9. The van der Waals surface area contributed by atoms with Gasteiger partial charge in [-0.15, -0.1) is 0 Å². The minimum absolute atomic E-state index is 0.211. The van der Waals surface area contributed by atoms with E-state index in [0.29, 0.717) is 34.3 Å². The first-order valence-corrected chi connectivity index (χ1v) is 12.7. The number of halogens is 1. The van der Waals surface area contributed by atoms with E-state index in [1.54, 1.807) is 42.5 Å². The van der Waals surface area contributed by atoms with Crippen LogP contribution in [0.3, 0.4) is 0 Å². The van der Waals surface area contributed by atoms with Crippen molar-refractivity contribution in [1.82, 2.24) is 15.1 Å². The summed E-state index contributed by atoms with van der Waals surface area (Å²) in [7, 11) is 1.50. The smallest absolute Gasteiger partial charge is 0.323 e. The first kappa shape index (κ1) is 26.5. The molecule has 3 amide bonds. The van der Waals surface area contributed by atoms with Crippen molar-refractivity contribution in [3.63, 3.8) is 0 Å². The van der Waals surface area contributed by atoms with E-state index in [1.807, 2.05) is 6.07 Å². The molecule has 1 aliphatic heterocycles. The molecule has 0 bridgehead atoms. The van der Waals surface area contributed by atoms with Gasteiger partial charge >= 0.3 is 6.03 Å². The summed E-state index contributed by atoms with van der Waals surface area (Å²) in [6.07, 6.45) is 0. The highest BCUT2D eigenvalue weighted by atomic mass is 35.5. The van der Waals surface area contributed by atoms with Gasteiger partial charge in [0.15, 0.2) is 0 Å². The maximum absolute atomic E-state index is 12.8. The fourth-order valence-electron chi connectivity index (χ4n) is 4.22. The molecular formula is C28H32ClN5O3. The lowest BCUT2D eigenvalue weighted by Crippen LogP contribution is -2.48. The van der Waals surface area contributed by atoms with E-state index in [4.69, 9.17) is 16.3 Å². The topological polar surface area (TPSA) is 85.9 Å². The molecule has 37 heavy (non-hydrogen) atoms. The molecule has 1 saturated heterocycles. The molecule has 4 rings (SSSR count). The van der Waals surface area contributed by atoms with Crippen molar-refractivity contribution in [3.8, 4) is 5.75 Å². The lowest BCUT2D eigenvalue weighted by molar-refractivity contribution is 0.0931. The number of ether oxygens (including phenoxy) is 1. The molecule has 3 aromatic rings. The van der Waals surface area contributed by atoms with Crippen LogP contribution in [0.15, 0.2) is 72.8 Å². The molecule has 1 aliphatic rings. The molecule has 0 saturated carbocycles.